The average Bonchev–Trinajstić information content (AvgIpc) is 2.89. The molecule has 112 valence electrons. The molecule has 0 aliphatic carbocycles. The standard InChI is InChI=1S/C17H21ClN2O/c18-17(13-9-21-10-13)12-1-2-16-14(7-12)15(8-20-16)11-3-5-19-6-4-11/h1-2,7-8,11,13,17,19-20H,3-6,9-10H2. The molecular weight excluding hydrogens is 284 g/mol. The number of alkyl halides is 1. The van der Waals surface area contributed by atoms with Crippen molar-refractivity contribution in [2.45, 2.75) is 24.1 Å². The first-order valence-electron chi connectivity index (χ1n) is 7.86. The van der Waals surface area contributed by atoms with E-state index >= 15 is 0 Å². The lowest BCUT2D eigenvalue weighted by atomic mass is 9.89. The summed E-state index contributed by atoms with van der Waals surface area (Å²) >= 11 is 6.61. The van der Waals surface area contributed by atoms with Gasteiger partial charge < -0.3 is 15.0 Å². The van der Waals surface area contributed by atoms with Crippen LogP contribution < -0.4 is 5.32 Å². The molecule has 1 unspecified atom stereocenters. The van der Waals surface area contributed by atoms with Gasteiger partial charge in [0, 0.05) is 23.0 Å². The number of aromatic amines is 1. The maximum atomic E-state index is 6.61. The minimum absolute atomic E-state index is 0.0684. The zero-order chi connectivity index (χ0) is 14.2. The molecule has 2 N–H and O–H groups in total. The van der Waals surface area contributed by atoms with Gasteiger partial charge in [0.2, 0.25) is 0 Å². The summed E-state index contributed by atoms with van der Waals surface area (Å²) in [7, 11) is 0. The van der Waals surface area contributed by atoms with Crippen molar-refractivity contribution >= 4 is 22.5 Å². The molecule has 2 saturated heterocycles. The molecule has 2 aliphatic heterocycles. The lowest BCUT2D eigenvalue weighted by Gasteiger charge is -2.30. The molecule has 0 spiro atoms. The first kappa shape index (κ1) is 13.6. The molecule has 0 bridgehead atoms. The summed E-state index contributed by atoms with van der Waals surface area (Å²) in [5.41, 5.74) is 3.91. The van der Waals surface area contributed by atoms with Crippen LogP contribution in [0.2, 0.25) is 0 Å². The Bertz CT molecular complexity index is 629. The van der Waals surface area contributed by atoms with E-state index in [1.165, 1.54) is 34.9 Å². The van der Waals surface area contributed by atoms with E-state index < -0.39 is 0 Å². The van der Waals surface area contributed by atoms with Gasteiger partial charge in [-0.25, -0.2) is 0 Å². The summed E-state index contributed by atoms with van der Waals surface area (Å²) in [6.07, 6.45) is 4.63. The fourth-order valence-electron chi connectivity index (χ4n) is 3.50. The van der Waals surface area contributed by atoms with Gasteiger partial charge in [0.25, 0.3) is 0 Å². The topological polar surface area (TPSA) is 37.0 Å². The van der Waals surface area contributed by atoms with Gasteiger partial charge in [0.15, 0.2) is 0 Å². The molecule has 3 heterocycles. The highest BCUT2D eigenvalue weighted by Gasteiger charge is 2.28. The van der Waals surface area contributed by atoms with Crippen molar-refractivity contribution in [1.82, 2.24) is 10.3 Å². The Hall–Kier alpha value is -1.03. The molecule has 0 saturated carbocycles. The Kier molecular flexibility index (Phi) is 3.66. The second kappa shape index (κ2) is 5.64. The molecule has 4 heteroatoms. The van der Waals surface area contributed by atoms with Crippen LogP contribution in [0.4, 0.5) is 0 Å². The van der Waals surface area contributed by atoms with Gasteiger partial charge in [-0.15, -0.1) is 11.6 Å². The van der Waals surface area contributed by atoms with Crippen molar-refractivity contribution in [1.29, 1.82) is 0 Å². The highest BCUT2D eigenvalue weighted by atomic mass is 35.5. The molecule has 3 nitrogen and oxygen atoms in total. The third-order valence-corrected chi connectivity index (χ3v) is 5.52. The minimum atomic E-state index is 0.0684. The number of piperidine rings is 1. The fourth-order valence-corrected chi connectivity index (χ4v) is 3.78. The number of nitrogens with one attached hydrogen (secondary N) is 2. The number of halogens is 1. The number of hydrogen-bond donors (Lipinski definition) is 2. The van der Waals surface area contributed by atoms with Crippen molar-refractivity contribution in [3.8, 4) is 0 Å². The van der Waals surface area contributed by atoms with Gasteiger partial charge in [0.05, 0.1) is 18.6 Å². The van der Waals surface area contributed by atoms with Crippen LogP contribution in [0.15, 0.2) is 24.4 Å². The van der Waals surface area contributed by atoms with Crippen LogP contribution in [0.1, 0.15) is 35.3 Å². The summed E-state index contributed by atoms with van der Waals surface area (Å²) in [5.74, 6) is 1.13. The third-order valence-electron chi connectivity index (χ3n) is 4.91. The predicted octanol–water partition coefficient (Wildman–Crippen LogP) is 3.56. The molecule has 21 heavy (non-hydrogen) atoms. The van der Waals surface area contributed by atoms with Gasteiger partial charge in [-0.3, -0.25) is 0 Å². The number of benzene rings is 1. The zero-order valence-electron chi connectivity index (χ0n) is 12.1. The molecule has 0 radical (unpaired) electrons. The Morgan fingerprint density at radius 3 is 2.71 bits per heavy atom. The largest absolute Gasteiger partial charge is 0.381 e. The van der Waals surface area contributed by atoms with Gasteiger partial charge in [-0.05, 0) is 55.1 Å². The van der Waals surface area contributed by atoms with E-state index in [1.807, 2.05) is 0 Å². The summed E-state index contributed by atoms with van der Waals surface area (Å²) in [6.45, 7) is 3.82. The number of rotatable bonds is 3. The minimum Gasteiger partial charge on any atom is -0.381 e. The third kappa shape index (κ3) is 2.48. The SMILES string of the molecule is ClC(c1ccc2[nH]cc(C3CCNCC3)c2c1)C1COC1. The van der Waals surface area contributed by atoms with Gasteiger partial charge in [-0.1, -0.05) is 6.07 Å². The smallest absolute Gasteiger partial charge is 0.0657 e. The van der Waals surface area contributed by atoms with Crippen LogP contribution in [0.3, 0.4) is 0 Å². The highest BCUT2D eigenvalue weighted by Crippen LogP contribution is 2.37. The van der Waals surface area contributed by atoms with Crippen molar-refractivity contribution < 1.29 is 4.74 Å². The molecule has 0 amide bonds. The van der Waals surface area contributed by atoms with Gasteiger partial charge in [0.1, 0.15) is 0 Å². The van der Waals surface area contributed by atoms with E-state index in [-0.39, 0.29) is 5.38 Å². The highest BCUT2D eigenvalue weighted by molar-refractivity contribution is 6.21. The molecule has 2 aromatic rings. The van der Waals surface area contributed by atoms with Gasteiger partial charge in [-0.2, -0.15) is 0 Å². The lowest BCUT2D eigenvalue weighted by Crippen LogP contribution is -2.30. The summed E-state index contributed by atoms with van der Waals surface area (Å²) in [5, 5.41) is 4.86. The Morgan fingerprint density at radius 1 is 1.19 bits per heavy atom. The molecule has 1 atom stereocenters. The van der Waals surface area contributed by atoms with Crippen LogP contribution >= 0.6 is 11.6 Å². The van der Waals surface area contributed by atoms with E-state index in [0.717, 1.165) is 26.3 Å². The number of fused-ring (bicyclic) bond motifs is 1. The number of H-pyrrole nitrogens is 1. The number of ether oxygens (including phenoxy) is 1. The van der Waals surface area contributed by atoms with Crippen LogP contribution in [-0.4, -0.2) is 31.3 Å². The first-order valence-corrected chi connectivity index (χ1v) is 8.30. The first-order chi connectivity index (χ1) is 10.3. The fraction of sp³-hybridized carbons (Fsp3) is 0.529. The number of hydrogen-bond acceptors (Lipinski definition) is 2. The Labute approximate surface area is 130 Å². The van der Waals surface area contributed by atoms with Crippen LogP contribution in [0.5, 0.6) is 0 Å². The maximum absolute atomic E-state index is 6.61. The maximum Gasteiger partial charge on any atom is 0.0657 e. The Balaban J connectivity index is 1.68. The summed E-state index contributed by atoms with van der Waals surface area (Å²) < 4.78 is 5.27. The second-order valence-corrected chi connectivity index (χ2v) is 6.74. The Morgan fingerprint density at radius 2 is 2.00 bits per heavy atom. The van der Waals surface area contributed by atoms with Crippen molar-refractivity contribution in [3.63, 3.8) is 0 Å². The van der Waals surface area contributed by atoms with E-state index in [0.29, 0.717) is 11.8 Å². The molecular formula is C17H21ClN2O. The molecule has 4 rings (SSSR count). The molecule has 2 aliphatic rings. The summed E-state index contributed by atoms with van der Waals surface area (Å²) in [4.78, 5) is 3.42. The van der Waals surface area contributed by atoms with E-state index in [2.05, 4.69) is 34.7 Å². The normalized spacial score (nSPS) is 22.3. The molecule has 1 aromatic carbocycles. The van der Waals surface area contributed by atoms with Crippen LogP contribution in [0, 0.1) is 5.92 Å². The lowest BCUT2D eigenvalue weighted by molar-refractivity contribution is -0.0337. The van der Waals surface area contributed by atoms with E-state index in [9.17, 15) is 0 Å². The zero-order valence-corrected chi connectivity index (χ0v) is 12.8. The van der Waals surface area contributed by atoms with E-state index in [1.54, 1.807) is 0 Å². The molecule has 1 aromatic heterocycles. The monoisotopic (exact) mass is 304 g/mol. The average molecular weight is 305 g/mol. The summed E-state index contributed by atoms with van der Waals surface area (Å²) in [6, 6.07) is 6.62. The molecule has 2 fully saturated rings. The quantitative estimate of drug-likeness (QED) is 0.851. The van der Waals surface area contributed by atoms with Gasteiger partial charge >= 0.3 is 0 Å². The van der Waals surface area contributed by atoms with Crippen molar-refractivity contribution in [3.05, 3.63) is 35.5 Å². The van der Waals surface area contributed by atoms with Crippen LogP contribution in [0.25, 0.3) is 10.9 Å². The van der Waals surface area contributed by atoms with Crippen LogP contribution in [-0.2, 0) is 4.74 Å². The van der Waals surface area contributed by atoms with Crippen molar-refractivity contribution in [2.75, 3.05) is 26.3 Å². The number of aromatic nitrogens is 1. The second-order valence-electron chi connectivity index (χ2n) is 6.27. The van der Waals surface area contributed by atoms with Crippen molar-refractivity contribution in [2.24, 2.45) is 5.92 Å². The predicted molar refractivity (Wildman–Crippen MR) is 86.0 cm³/mol. The van der Waals surface area contributed by atoms with E-state index in [4.69, 9.17) is 16.3 Å².